The summed E-state index contributed by atoms with van der Waals surface area (Å²) in [5.74, 6) is 0.102. The number of unbranched alkanes of at least 4 members (excludes halogenated alkanes) is 2. The van der Waals surface area contributed by atoms with E-state index < -0.39 is 0 Å². The van der Waals surface area contributed by atoms with Crippen LogP contribution in [-0.4, -0.2) is 50.2 Å². The van der Waals surface area contributed by atoms with Gasteiger partial charge in [0.25, 0.3) is 0 Å². The van der Waals surface area contributed by atoms with Gasteiger partial charge in [-0.3, -0.25) is 4.79 Å². The van der Waals surface area contributed by atoms with Crippen molar-refractivity contribution in [3.05, 3.63) is 0 Å². The third-order valence-electron chi connectivity index (χ3n) is 3.09. The zero-order chi connectivity index (χ0) is 11.8. The van der Waals surface area contributed by atoms with Gasteiger partial charge in [-0.1, -0.05) is 19.8 Å². The molecule has 0 aromatic rings. The molecule has 0 saturated carbocycles. The Morgan fingerprint density at radius 2 is 2.31 bits per heavy atom. The molecule has 0 spiro atoms. The molecule has 0 aromatic carbocycles. The van der Waals surface area contributed by atoms with Crippen LogP contribution in [0.25, 0.3) is 0 Å². The lowest BCUT2D eigenvalue weighted by molar-refractivity contribution is -0.136. The van der Waals surface area contributed by atoms with E-state index in [1.165, 1.54) is 12.8 Å². The zero-order valence-electron chi connectivity index (χ0n) is 10.5. The van der Waals surface area contributed by atoms with Gasteiger partial charge in [-0.25, -0.2) is 0 Å². The Kier molecular flexibility index (Phi) is 6.42. The zero-order valence-corrected chi connectivity index (χ0v) is 10.5. The number of carbonyl (C=O) groups excluding carboxylic acids is 1. The van der Waals surface area contributed by atoms with Crippen LogP contribution in [0.15, 0.2) is 0 Å². The van der Waals surface area contributed by atoms with Gasteiger partial charge in [-0.05, 0) is 19.4 Å². The molecule has 94 valence electrons. The first-order valence-electron chi connectivity index (χ1n) is 6.29. The maximum Gasteiger partial charge on any atom is 0.248 e. The van der Waals surface area contributed by atoms with E-state index in [0.29, 0.717) is 12.6 Å². The summed E-state index contributed by atoms with van der Waals surface area (Å²) in [5, 5.41) is 3.26. The predicted octanol–water partition coefficient (Wildman–Crippen LogP) is 1.01. The Morgan fingerprint density at radius 1 is 1.50 bits per heavy atom. The Balaban J connectivity index is 2.09. The molecule has 1 amide bonds. The quantitative estimate of drug-likeness (QED) is 0.661. The average Bonchev–Trinajstić information content (AvgIpc) is 2.81. The molecule has 0 bridgehead atoms. The number of nitrogens with zero attached hydrogens (tertiary/aromatic N) is 1. The minimum atomic E-state index is 0.102. The Hall–Kier alpha value is -0.610. The summed E-state index contributed by atoms with van der Waals surface area (Å²) in [6, 6.07) is 0.353. The van der Waals surface area contributed by atoms with Crippen molar-refractivity contribution >= 4 is 5.91 Å². The highest BCUT2D eigenvalue weighted by Gasteiger charge is 2.22. The molecule has 1 fully saturated rings. The van der Waals surface area contributed by atoms with E-state index >= 15 is 0 Å². The SMILES string of the molecule is CCCCCOCC(=O)N(C)C1CCNC1. The lowest BCUT2D eigenvalue weighted by atomic mass is 10.2. The van der Waals surface area contributed by atoms with Crippen LogP contribution >= 0.6 is 0 Å². The van der Waals surface area contributed by atoms with E-state index in [4.69, 9.17) is 4.74 Å². The summed E-state index contributed by atoms with van der Waals surface area (Å²) in [6.07, 6.45) is 4.47. The number of rotatable bonds is 7. The molecular weight excluding hydrogens is 204 g/mol. The highest BCUT2D eigenvalue weighted by atomic mass is 16.5. The molecule has 1 heterocycles. The summed E-state index contributed by atoms with van der Waals surface area (Å²) < 4.78 is 5.37. The molecule has 1 rings (SSSR count). The van der Waals surface area contributed by atoms with Crippen molar-refractivity contribution in [3.8, 4) is 0 Å². The molecular formula is C12H24N2O2. The van der Waals surface area contributed by atoms with Crippen molar-refractivity contribution < 1.29 is 9.53 Å². The molecule has 0 radical (unpaired) electrons. The van der Waals surface area contributed by atoms with Gasteiger partial charge < -0.3 is 15.0 Å². The van der Waals surface area contributed by atoms with E-state index in [1.807, 2.05) is 11.9 Å². The van der Waals surface area contributed by atoms with Crippen LogP contribution in [0.1, 0.15) is 32.6 Å². The van der Waals surface area contributed by atoms with E-state index in [1.54, 1.807) is 0 Å². The number of carbonyl (C=O) groups is 1. The minimum absolute atomic E-state index is 0.102. The van der Waals surface area contributed by atoms with Crippen LogP contribution in [0.2, 0.25) is 0 Å². The number of nitrogens with one attached hydrogen (secondary N) is 1. The van der Waals surface area contributed by atoms with Crippen molar-refractivity contribution in [2.45, 2.75) is 38.6 Å². The van der Waals surface area contributed by atoms with Gasteiger partial charge in [0.15, 0.2) is 0 Å². The maximum atomic E-state index is 11.7. The molecule has 0 aliphatic carbocycles. The molecule has 1 N–H and O–H groups in total. The van der Waals surface area contributed by atoms with Gasteiger partial charge in [-0.15, -0.1) is 0 Å². The van der Waals surface area contributed by atoms with E-state index in [0.717, 1.165) is 25.9 Å². The number of hydrogen-bond donors (Lipinski definition) is 1. The molecule has 1 aliphatic heterocycles. The van der Waals surface area contributed by atoms with Gasteiger partial charge in [0, 0.05) is 26.2 Å². The van der Waals surface area contributed by atoms with Crippen LogP contribution < -0.4 is 5.32 Å². The Bertz CT molecular complexity index is 203. The fraction of sp³-hybridized carbons (Fsp3) is 0.917. The van der Waals surface area contributed by atoms with E-state index in [-0.39, 0.29) is 12.5 Å². The lowest BCUT2D eigenvalue weighted by Gasteiger charge is -2.23. The minimum Gasteiger partial charge on any atom is -0.372 e. The van der Waals surface area contributed by atoms with Crippen molar-refractivity contribution in [3.63, 3.8) is 0 Å². The third-order valence-corrected chi connectivity index (χ3v) is 3.09. The van der Waals surface area contributed by atoms with Crippen molar-refractivity contribution in [1.29, 1.82) is 0 Å². The second-order valence-electron chi connectivity index (χ2n) is 4.41. The number of hydrogen-bond acceptors (Lipinski definition) is 3. The first kappa shape index (κ1) is 13.5. The van der Waals surface area contributed by atoms with Crippen LogP contribution in [-0.2, 0) is 9.53 Å². The lowest BCUT2D eigenvalue weighted by Crippen LogP contribution is -2.40. The molecule has 1 saturated heterocycles. The van der Waals surface area contributed by atoms with Crippen molar-refractivity contribution in [2.24, 2.45) is 0 Å². The second-order valence-corrected chi connectivity index (χ2v) is 4.41. The van der Waals surface area contributed by atoms with Crippen LogP contribution in [0, 0.1) is 0 Å². The summed E-state index contributed by atoms with van der Waals surface area (Å²) in [5.41, 5.74) is 0. The number of likely N-dealkylation sites (N-methyl/N-ethyl adjacent to an activating group) is 1. The normalized spacial score (nSPS) is 20.0. The van der Waals surface area contributed by atoms with Gasteiger partial charge in [-0.2, -0.15) is 0 Å². The summed E-state index contributed by atoms with van der Waals surface area (Å²) in [7, 11) is 1.87. The third kappa shape index (κ3) is 4.49. The second kappa shape index (κ2) is 7.63. The van der Waals surface area contributed by atoms with E-state index in [2.05, 4.69) is 12.2 Å². The molecule has 4 heteroatoms. The van der Waals surface area contributed by atoms with Gasteiger partial charge in [0.2, 0.25) is 5.91 Å². The maximum absolute atomic E-state index is 11.7. The molecule has 1 atom stereocenters. The molecule has 1 unspecified atom stereocenters. The van der Waals surface area contributed by atoms with Gasteiger partial charge in [0.1, 0.15) is 6.61 Å². The molecule has 4 nitrogen and oxygen atoms in total. The average molecular weight is 228 g/mol. The number of ether oxygens (including phenoxy) is 1. The van der Waals surface area contributed by atoms with Gasteiger partial charge in [0.05, 0.1) is 0 Å². The highest BCUT2D eigenvalue weighted by molar-refractivity contribution is 5.77. The van der Waals surface area contributed by atoms with Crippen molar-refractivity contribution in [2.75, 3.05) is 33.4 Å². The fourth-order valence-corrected chi connectivity index (χ4v) is 1.89. The van der Waals surface area contributed by atoms with Crippen LogP contribution in [0.3, 0.4) is 0 Å². The molecule has 1 aliphatic rings. The summed E-state index contributed by atoms with van der Waals surface area (Å²) in [4.78, 5) is 13.6. The monoisotopic (exact) mass is 228 g/mol. The topological polar surface area (TPSA) is 41.6 Å². The van der Waals surface area contributed by atoms with Crippen LogP contribution in [0.4, 0.5) is 0 Å². The molecule has 16 heavy (non-hydrogen) atoms. The first-order valence-corrected chi connectivity index (χ1v) is 6.29. The first-order chi connectivity index (χ1) is 7.75. The highest BCUT2D eigenvalue weighted by Crippen LogP contribution is 2.06. The standard InChI is InChI=1S/C12H24N2O2/c1-3-4-5-8-16-10-12(15)14(2)11-6-7-13-9-11/h11,13H,3-10H2,1-2H3. The Morgan fingerprint density at radius 3 is 2.94 bits per heavy atom. The largest absolute Gasteiger partial charge is 0.372 e. The predicted molar refractivity (Wildman–Crippen MR) is 64.4 cm³/mol. The Labute approximate surface area is 98.3 Å². The smallest absolute Gasteiger partial charge is 0.248 e. The summed E-state index contributed by atoms with van der Waals surface area (Å²) in [6.45, 7) is 5.02. The van der Waals surface area contributed by atoms with Gasteiger partial charge >= 0.3 is 0 Å². The number of amides is 1. The fourth-order valence-electron chi connectivity index (χ4n) is 1.89. The van der Waals surface area contributed by atoms with Crippen LogP contribution in [0.5, 0.6) is 0 Å². The molecule has 0 aromatic heterocycles. The van der Waals surface area contributed by atoms with Crippen molar-refractivity contribution in [1.82, 2.24) is 10.2 Å². The van der Waals surface area contributed by atoms with E-state index in [9.17, 15) is 4.79 Å². The summed E-state index contributed by atoms with van der Waals surface area (Å²) >= 11 is 0.